The maximum atomic E-state index is 4.50. The van der Waals surface area contributed by atoms with Gasteiger partial charge < -0.3 is 4.90 Å². The van der Waals surface area contributed by atoms with E-state index < -0.39 is 0 Å². The number of hydrogen-bond acceptors (Lipinski definition) is 1. The van der Waals surface area contributed by atoms with Crippen molar-refractivity contribution in [3.63, 3.8) is 0 Å². The van der Waals surface area contributed by atoms with E-state index in [-0.39, 0.29) is 0 Å². The molecule has 0 heterocycles. The molecule has 0 aliphatic carbocycles. The van der Waals surface area contributed by atoms with E-state index >= 15 is 0 Å². The second-order valence-corrected chi connectivity index (χ2v) is 4.71. The summed E-state index contributed by atoms with van der Waals surface area (Å²) in [5.74, 6) is 1.00. The predicted octanol–water partition coefficient (Wildman–Crippen LogP) is 3.98. The number of nitrogens with zero attached hydrogens (tertiary/aromatic N) is 2. The monoisotopic (exact) mass is 252 g/mol. The molecule has 0 bridgehead atoms. The van der Waals surface area contributed by atoms with Gasteiger partial charge in [0.15, 0.2) is 0 Å². The minimum atomic E-state index is 0.348. The van der Waals surface area contributed by atoms with Crippen molar-refractivity contribution in [2.75, 3.05) is 11.9 Å². The Bertz CT molecular complexity index is 530. The van der Waals surface area contributed by atoms with E-state index in [9.17, 15) is 0 Å². The molecule has 0 saturated carbocycles. The highest BCUT2D eigenvalue weighted by Gasteiger charge is 2.17. The van der Waals surface area contributed by atoms with E-state index in [2.05, 4.69) is 60.1 Å². The normalized spacial score (nSPS) is 11.7. The molecule has 0 fully saturated rings. The van der Waals surface area contributed by atoms with Crippen LogP contribution in [-0.2, 0) is 0 Å². The summed E-state index contributed by atoms with van der Waals surface area (Å²) in [6, 6.07) is 21.1. The lowest BCUT2D eigenvalue weighted by atomic mass is 10.1. The third-order valence-corrected chi connectivity index (χ3v) is 3.02. The van der Waals surface area contributed by atoms with Crippen LogP contribution in [0.5, 0.6) is 0 Å². The first kappa shape index (κ1) is 13.3. The van der Waals surface area contributed by atoms with Gasteiger partial charge in [-0.05, 0) is 26.0 Å². The van der Waals surface area contributed by atoms with Crippen LogP contribution in [0.15, 0.2) is 65.7 Å². The molecule has 2 nitrogen and oxygen atoms in total. The van der Waals surface area contributed by atoms with E-state index in [0.29, 0.717) is 6.04 Å². The number of benzene rings is 2. The summed E-state index contributed by atoms with van der Waals surface area (Å²) in [4.78, 5) is 6.76. The Kier molecular flexibility index (Phi) is 4.35. The first-order chi connectivity index (χ1) is 9.24. The smallest absolute Gasteiger partial charge is 0.135 e. The first-order valence-electron chi connectivity index (χ1n) is 6.60. The van der Waals surface area contributed by atoms with Crippen LogP contribution in [0.4, 0.5) is 5.69 Å². The SMILES string of the molecule is C/N=C(/c1ccccc1)N(c1ccccc1)C(C)C. The van der Waals surface area contributed by atoms with Gasteiger partial charge in [0.25, 0.3) is 0 Å². The quantitative estimate of drug-likeness (QED) is 0.596. The molecule has 0 aliphatic rings. The van der Waals surface area contributed by atoms with Crippen molar-refractivity contribution in [3.05, 3.63) is 66.2 Å². The maximum Gasteiger partial charge on any atom is 0.135 e. The van der Waals surface area contributed by atoms with Gasteiger partial charge in [-0.25, -0.2) is 0 Å². The number of aliphatic imine (C=N–C) groups is 1. The molecule has 0 atom stereocenters. The lowest BCUT2D eigenvalue weighted by Gasteiger charge is -2.30. The van der Waals surface area contributed by atoms with Crippen molar-refractivity contribution < 1.29 is 0 Å². The standard InChI is InChI=1S/C17H20N2/c1-14(2)19(16-12-8-5-9-13-16)17(18-3)15-10-6-4-7-11-15/h4-14H,1-3H3/b18-17-. The summed E-state index contributed by atoms with van der Waals surface area (Å²) in [6.07, 6.45) is 0. The van der Waals surface area contributed by atoms with Gasteiger partial charge in [-0.1, -0.05) is 48.5 Å². The molecule has 0 aliphatic heterocycles. The molecule has 0 aromatic heterocycles. The van der Waals surface area contributed by atoms with Crippen LogP contribution >= 0.6 is 0 Å². The fourth-order valence-corrected chi connectivity index (χ4v) is 2.22. The Morgan fingerprint density at radius 3 is 1.89 bits per heavy atom. The Morgan fingerprint density at radius 1 is 0.895 bits per heavy atom. The molecule has 0 radical (unpaired) electrons. The molecular weight excluding hydrogens is 232 g/mol. The van der Waals surface area contributed by atoms with Crippen LogP contribution in [0, 0.1) is 0 Å². The molecule has 2 aromatic carbocycles. The van der Waals surface area contributed by atoms with Crippen molar-refractivity contribution in [3.8, 4) is 0 Å². The van der Waals surface area contributed by atoms with Crippen molar-refractivity contribution in [2.45, 2.75) is 19.9 Å². The van der Waals surface area contributed by atoms with Crippen LogP contribution in [0.1, 0.15) is 19.4 Å². The summed E-state index contributed by atoms with van der Waals surface area (Å²) in [5, 5.41) is 0. The van der Waals surface area contributed by atoms with Crippen LogP contribution in [0.25, 0.3) is 0 Å². The molecule has 19 heavy (non-hydrogen) atoms. The highest BCUT2D eigenvalue weighted by atomic mass is 15.2. The molecule has 0 N–H and O–H groups in total. The lowest BCUT2D eigenvalue weighted by Crippen LogP contribution is -2.37. The van der Waals surface area contributed by atoms with Crippen molar-refractivity contribution in [2.24, 2.45) is 4.99 Å². The Labute approximate surface area is 115 Å². The molecular formula is C17H20N2. The average Bonchev–Trinajstić information content (AvgIpc) is 2.46. The number of anilines is 1. The van der Waals surface area contributed by atoms with E-state index in [1.807, 2.05) is 31.3 Å². The second-order valence-electron chi connectivity index (χ2n) is 4.71. The zero-order valence-corrected chi connectivity index (χ0v) is 11.7. The van der Waals surface area contributed by atoms with Gasteiger partial charge in [0.1, 0.15) is 5.84 Å². The lowest BCUT2D eigenvalue weighted by molar-refractivity contribution is 0.805. The molecule has 2 aromatic rings. The summed E-state index contributed by atoms with van der Waals surface area (Å²) >= 11 is 0. The minimum absolute atomic E-state index is 0.348. The third kappa shape index (κ3) is 3.02. The van der Waals surface area contributed by atoms with Crippen molar-refractivity contribution in [1.29, 1.82) is 0 Å². The van der Waals surface area contributed by atoms with Crippen molar-refractivity contribution >= 4 is 11.5 Å². The zero-order chi connectivity index (χ0) is 13.7. The van der Waals surface area contributed by atoms with Gasteiger partial charge >= 0.3 is 0 Å². The van der Waals surface area contributed by atoms with E-state index in [0.717, 1.165) is 11.4 Å². The van der Waals surface area contributed by atoms with Gasteiger partial charge in [-0.15, -0.1) is 0 Å². The molecule has 0 saturated heterocycles. The highest BCUT2D eigenvalue weighted by molar-refractivity contribution is 6.10. The Balaban J connectivity index is 2.44. The zero-order valence-electron chi connectivity index (χ0n) is 11.7. The van der Waals surface area contributed by atoms with Crippen LogP contribution < -0.4 is 4.90 Å². The van der Waals surface area contributed by atoms with Gasteiger partial charge in [0.05, 0.1) is 0 Å². The van der Waals surface area contributed by atoms with Crippen molar-refractivity contribution in [1.82, 2.24) is 0 Å². The fourth-order valence-electron chi connectivity index (χ4n) is 2.22. The molecule has 98 valence electrons. The topological polar surface area (TPSA) is 15.6 Å². The third-order valence-electron chi connectivity index (χ3n) is 3.02. The van der Waals surface area contributed by atoms with Gasteiger partial charge in [0, 0.05) is 24.3 Å². The van der Waals surface area contributed by atoms with E-state index in [1.165, 1.54) is 5.69 Å². The molecule has 0 amide bonds. The van der Waals surface area contributed by atoms with Crippen LogP contribution in [0.2, 0.25) is 0 Å². The van der Waals surface area contributed by atoms with Gasteiger partial charge in [0.2, 0.25) is 0 Å². The maximum absolute atomic E-state index is 4.50. The number of rotatable bonds is 3. The fraction of sp³-hybridized carbons (Fsp3) is 0.235. The first-order valence-corrected chi connectivity index (χ1v) is 6.60. The van der Waals surface area contributed by atoms with Gasteiger partial charge in [-0.3, -0.25) is 4.99 Å². The molecule has 2 rings (SSSR count). The van der Waals surface area contributed by atoms with E-state index in [1.54, 1.807) is 0 Å². The Morgan fingerprint density at radius 2 is 1.42 bits per heavy atom. The second kappa shape index (κ2) is 6.19. The molecule has 0 unspecified atom stereocenters. The molecule has 0 spiro atoms. The average molecular weight is 252 g/mol. The summed E-state index contributed by atoms with van der Waals surface area (Å²) in [6.45, 7) is 4.36. The van der Waals surface area contributed by atoms with Crippen LogP contribution in [-0.4, -0.2) is 18.9 Å². The number of hydrogen-bond donors (Lipinski definition) is 0. The summed E-state index contributed by atoms with van der Waals surface area (Å²) < 4.78 is 0. The number of para-hydroxylation sites is 1. The molecule has 2 heteroatoms. The van der Waals surface area contributed by atoms with E-state index in [4.69, 9.17) is 0 Å². The van der Waals surface area contributed by atoms with Gasteiger partial charge in [-0.2, -0.15) is 0 Å². The summed E-state index contributed by atoms with van der Waals surface area (Å²) in [5.41, 5.74) is 2.31. The summed E-state index contributed by atoms with van der Waals surface area (Å²) in [7, 11) is 1.85. The predicted molar refractivity (Wildman–Crippen MR) is 83.0 cm³/mol. The Hall–Kier alpha value is -2.09. The van der Waals surface area contributed by atoms with Crippen LogP contribution in [0.3, 0.4) is 0 Å². The highest BCUT2D eigenvalue weighted by Crippen LogP contribution is 2.20. The minimum Gasteiger partial charge on any atom is -0.324 e. The number of amidine groups is 1. The largest absolute Gasteiger partial charge is 0.324 e.